The lowest BCUT2D eigenvalue weighted by molar-refractivity contribution is -0.367. The van der Waals surface area contributed by atoms with Gasteiger partial charge in [0.15, 0.2) is 5.16 Å². The fraction of sp³-hybridized carbons (Fsp3) is 0.625. The fourth-order valence-corrected chi connectivity index (χ4v) is 4.68. The number of anilines is 1. The number of fused-ring (bicyclic) bond motifs is 3. The first kappa shape index (κ1) is 17.0. The molecule has 0 atom stereocenters. The van der Waals surface area contributed by atoms with Gasteiger partial charge in [0.25, 0.3) is 0 Å². The summed E-state index contributed by atoms with van der Waals surface area (Å²) in [6.45, 7) is 8.91. The van der Waals surface area contributed by atoms with Crippen molar-refractivity contribution < 1.29 is 10.5 Å². The van der Waals surface area contributed by atoms with E-state index in [2.05, 4.69) is 31.8 Å². The number of hydrogen-bond acceptors (Lipinski definition) is 6. The van der Waals surface area contributed by atoms with Crippen molar-refractivity contribution in [3.05, 3.63) is 10.4 Å². The van der Waals surface area contributed by atoms with Crippen molar-refractivity contribution in [3.63, 3.8) is 0 Å². The number of quaternary nitrogens is 1. The molecular weight excluding hydrogens is 328 g/mol. The number of thiophene rings is 1. The lowest BCUT2D eigenvalue weighted by Crippen LogP contribution is -2.50. The third-order valence-electron chi connectivity index (χ3n) is 3.88. The molecule has 1 aliphatic rings. The highest BCUT2D eigenvalue weighted by Gasteiger charge is 2.30. The van der Waals surface area contributed by atoms with Gasteiger partial charge >= 0.3 is 0 Å². The van der Waals surface area contributed by atoms with Crippen molar-refractivity contribution in [2.75, 3.05) is 24.2 Å². The maximum Gasteiger partial charge on any atom is 0.190 e. The van der Waals surface area contributed by atoms with E-state index in [0.717, 1.165) is 48.2 Å². The van der Waals surface area contributed by atoms with Crippen LogP contribution in [0.4, 0.5) is 5.82 Å². The zero-order valence-corrected chi connectivity index (χ0v) is 15.7. The van der Waals surface area contributed by atoms with E-state index < -0.39 is 0 Å². The first-order chi connectivity index (χ1) is 11.0. The molecule has 5 nitrogen and oxygen atoms in total. The quantitative estimate of drug-likeness (QED) is 0.474. The van der Waals surface area contributed by atoms with Gasteiger partial charge in [-0.25, -0.2) is 9.97 Å². The van der Waals surface area contributed by atoms with Gasteiger partial charge in [-0.3, -0.25) is 0 Å². The van der Waals surface area contributed by atoms with E-state index in [4.69, 9.17) is 14.7 Å². The minimum atomic E-state index is -0.0935. The molecule has 0 spiro atoms. The minimum absolute atomic E-state index is 0.0935. The van der Waals surface area contributed by atoms with Crippen LogP contribution in [0.3, 0.4) is 0 Å². The van der Waals surface area contributed by atoms with E-state index in [0.29, 0.717) is 6.61 Å². The molecule has 0 fully saturated rings. The Labute approximate surface area is 145 Å². The molecule has 3 rings (SSSR count). The van der Waals surface area contributed by atoms with E-state index >= 15 is 0 Å². The van der Waals surface area contributed by atoms with Gasteiger partial charge in [-0.2, -0.15) is 0 Å². The average Bonchev–Trinajstić information content (AvgIpc) is 2.84. The predicted octanol–water partition coefficient (Wildman–Crippen LogP) is 2.70. The van der Waals surface area contributed by atoms with Gasteiger partial charge in [-0.15, -0.1) is 11.3 Å². The molecule has 126 valence electrons. The van der Waals surface area contributed by atoms with E-state index in [1.165, 1.54) is 15.1 Å². The first-order valence-corrected chi connectivity index (χ1v) is 9.96. The summed E-state index contributed by atoms with van der Waals surface area (Å²) in [6.07, 6.45) is 1.99. The van der Waals surface area contributed by atoms with Crippen molar-refractivity contribution in [2.24, 2.45) is 0 Å². The molecule has 7 heteroatoms. The van der Waals surface area contributed by atoms with Gasteiger partial charge in [0.2, 0.25) is 0 Å². The molecule has 2 aromatic heterocycles. The number of aromatic nitrogens is 2. The van der Waals surface area contributed by atoms with Gasteiger partial charge in [-0.1, -0.05) is 18.7 Å². The Balaban J connectivity index is 2.04. The maximum atomic E-state index is 6.01. The van der Waals surface area contributed by atoms with Gasteiger partial charge < -0.3 is 15.8 Å². The highest BCUT2D eigenvalue weighted by molar-refractivity contribution is 7.99. The van der Waals surface area contributed by atoms with Gasteiger partial charge in [0.1, 0.15) is 5.82 Å². The van der Waals surface area contributed by atoms with Crippen molar-refractivity contribution in [1.29, 1.82) is 0 Å². The molecule has 0 aromatic carbocycles. The number of nitrogens with zero attached hydrogens (tertiary/aromatic N) is 2. The Kier molecular flexibility index (Phi) is 5.10. The minimum Gasteiger partial charge on any atom is -0.370 e. The zero-order valence-electron chi connectivity index (χ0n) is 14.1. The van der Waals surface area contributed by atoms with Crippen LogP contribution >= 0.6 is 23.1 Å². The lowest BCUT2D eigenvalue weighted by atomic mass is 9.98. The Bertz CT molecular complexity index is 699. The SMILES string of the molecule is CCSc1nc(NCCC[NH3+])c2sc3c(c2n1)COC(C)(C)C3. The van der Waals surface area contributed by atoms with Crippen LogP contribution in [0.25, 0.3) is 10.2 Å². The van der Waals surface area contributed by atoms with Crippen molar-refractivity contribution >= 4 is 39.1 Å². The topological polar surface area (TPSA) is 74.7 Å². The largest absolute Gasteiger partial charge is 0.370 e. The zero-order chi connectivity index (χ0) is 16.4. The average molecular weight is 354 g/mol. The smallest absolute Gasteiger partial charge is 0.190 e. The van der Waals surface area contributed by atoms with Crippen molar-refractivity contribution in [2.45, 2.75) is 51.0 Å². The van der Waals surface area contributed by atoms with Crippen LogP contribution in [0.5, 0.6) is 0 Å². The Morgan fingerprint density at radius 1 is 1.39 bits per heavy atom. The number of thioether (sulfide) groups is 1. The third-order valence-corrected chi connectivity index (χ3v) is 5.84. The maximum absolute atomic E-state index is 6.01. The summed E-state index contributed by atoms with van der Waals surface area (Å²) in [7, 11) is 0. The molecule has 0 saturated carbocycles. The predicted molar refractivity (Wildman–Crippen MR) is 97.2 cm³/mol. The highest BCUT2D eigenvalue weighted by atomic mass is 32.2. The van der Waals surface area contributed by atoms with Crippen LogP contribution in [0, 0.1) is 0 Å². The summed E-state index contributed by atoms with van der Waals surface area (Å²) in [5.74, 6) is 1.94. The normalized spacial score (nSPS) is 16.5. The van der Waals surface area contributed by atoms with Gasteiger partial charge in [-0.05, 0) is 19.6 Å². The molecule has 0 unspecified atom stereocenters. The molecule has 0 amide bonds. The van der Waals surface area contributed by atoms with E-state index in [9.17, 15) is 0 Å². The summed E-state index contributed by atoms with van der Waals surface area (Å²) in [5, 5.41) is 4.33. The summed E-state index contributed by atoms with van der Waals surface area (Å²) in [6, 6.07) is 0. The molecule has 0 aliphatic carbocycles. The summed E-state index contributed by atoms with van der Waals surface area (Å²) < 4.78 is 7.17. The van der Waals surface area contributed by atoms with Crippen molar-refractivity contribution in [1.82, 2.24) is 9.97 Å². The van der Waals surface area contributed by atoms with Crippen LogP contribution in [-0.2, 0) is 17.8 Å². The van der Waals surface area contributed by atoms with Gasteiger partial charge in [0.05, 0.1) is 29.0 Å². The number of hydrogen-bond donors (Lipinski definition) is 2. The molecule has 0 radical (unpaired) electrons. The summed E-state index contributed by atoms with van der Waals surface area (Å²) in [4.78, 5) is 10.9. The standard InChI is InChI=1S/C16H24N4OS2/c1-4-22-15-19-12-10-9-21-16(2,3)8-11(10)23-13(12)14(20-15)18-7-5-6-17/h4-9,17H2,1-3H3,(H,18,19,20)/p+1. The summed E-state index contributed by atoms with van der Waals surface area (Å²) >= 11 is 3.51. The van der Waals surface area contributed by atoms with Gasteiger partial charge in [0, 0.05) is 29.8 Å². The highest BCUT2D eigenvalue weighted by Crippen LogP contribution is 2.41. The second-order valence-electron chi connectivity index (χ2n) is 6.33. The molecule has 0 bridgehead atoms. The molecule has 2 aromatic rings. The fourth-order valence-electron chi connectivity index (χ4n) is 2.69. The van der Waals surface area contributed by atoms with E-state index in [1.54, 1.807) is 11.8 Å². The Morgan fingerprint density at radius 3 is 2.96 bits per heavy atom. The Morgan fingerprint density at radius 2 is 2.22 bits per heavy atom. The molecule has 0 saturated heterocycles. The van der Waals surface area contributed by atoms with E-state index in [1.807, 2.05) is 11.3 Å². The molecular formula is C16H25N4OS2+. The molecule has 1 aliphatic heterocycles. The van der Waals surface area contributed by atoms with Crippen LogP contribution in [0.1, 0.15) is 37.6 Å². The number of rotatable bonds is 6. The molecule has 23 heavy (non-hydrogen) atoms. The lowest BCUT2D eigenvalue weighted by Gasteiger charge is -2.29. The van der Waals surface area contributed by atoms with Crippen molar-refractivity contribution in [3.8, 4) is 0 Å². The van der Waals surface area contributed by atoms with E-state index in [-0.39, 0.29) is 5.60 Å². The third kappa shape index (κ3) is 3.63. The van der Waals surface area contributed by atoms with Crippen LogP contribution in [-0.4, -0.2) is 34.4 Å². The Hall–Kier alpha value is -0.890. The van der Waals surface area contributed by atoms with Crippen LogP contribution < -0.4 is 11.1 Å². The monoisotopic (exact) mass is 353 g/mol. The molecule has 4 N–H and O–H groups in total. The number of nitrogens with one attached hydrogen (secondary N) is 1. The second kappa shape index (κ2) is 6.93. The molecule has 3 heterocycles. The second-order valence-corrected chi connectivity index (χ2v) is 8.66. The van der Waals surface area contributed by atoms with Crippen LogP contribution in [0.15, 0.2) is 5.16 Å². The van der Waals surface area contributed by atoms with Crippen LogP contribution in [0.2, 0.25) is 0 Å². The number of ether oxygens (including phenoxy) is 1. The first-order valence-electron chi connectivity index (χ1n) is 8.16. The summed E-state index contributed by atoms with van der Waals surface area (Å²) in [5.41, 5.74) is 6.14.